The van der Waals surface area contributed by atoms with E-state index in [9.17, 15) is 13.2 Å². The van der Waals surface area contributed by atoms with Gasteiger partial charge in [0.15, 0.2) is 0 Å². The number of rotatable bonds is 7. The summed E-state index contributed by atoms with van der Waals surface area (Å²) in [6.07, 6.45) is 0. The molecule has 0 heterocycles. The Hall–Kier alpha value is -3.74. The highest BCUT2D eigenvalue weighted by Gasteiger charge is 2.26. The summed E-state index contributed by atoms with van der Waals surface area (Å²) in [7, 11) is 0.128. The highest BCUT2D eigenvalue weighted by Crippen LogP contribution is 2.39. The van der Waals surface area contributed by atoms with E-state index < -0.39 is 15.9 Å². The number of carbonyl (C=O) groups excluding carboxylic acids is 1. The number of halogens is 1. The Labute approximate surface area is 197 Å². The van der Waals surface area contributed by atoms with Crippen LogP contribution in [0.2, 0.25) is 5.02 Å². The van der Waals surface area contributed by atoms with Crippen molar-refractivity contribution in [2.45, 2.75) is 4.90 Å². The Morgan fingerprint density at radius 1 is 1.03 bits per heavy atom. The van der Waals surface area contributed by atoms with E-state index in [4.69, 9.17) is 26.3 Å². The molecule has 3 rings (SSSR count). The van der Waals surface area contributed by atoms with Gasteiger partial charge in [-0.05, 0) is 42.5 Å². The Morgan fingerprint density at radius 2 is 1.73 bits per heavy atom. The van der Waals surface area contributed by atoms with Gasteiger partial charge in [0.25, 0.3) is 15.9 Å². The minimum atomic E-state index is -4.07. The van der Waals surface area contributed by atoms with Gasteiger partial charge in [0.2, 0.25) is 0 Å². The zero-order valence-electron chi connectivity index (χ0n) is 18.0. The van der Waals surface area contributed by atoms with E-state index >= 15 is 0 Å². The number of hydrogen-bond acceptors (Lipinski definition) is 6. The second-order valence-corrected chi connectivity index (χ2v) is 9.18. The zero-order valence-corrected chi connectivity index (χ0v) is 19.6. The number of methoxy groups -OCH3 is 2. The van der Waals surface area contributed by atoms with Crippen molar-refractivity contribution in [2.75, 3.05) is 30.9 Å². The maximum Gasteiger partial charge on any atom is 0.264 e. The molecular weight excluding hydrogens is 466 g/mol. The fraction of sp³-hybridized carbons (Fsp3) is 0.130. The number of nitrogens with zero attached hydrogens (tertiary/aromatic N) is 2. The fourth-order valence-corrected chi connectivity index (χ4v) is 4.52. The summed E-state index contributed by atoms with van der Waals surface area (Å²) in [5.74, 6) is 0.0608. The largest absolute Gasteiger partial charge is 0.495 e. The standard InChI is InChI=1S/C23H20ClN3O5S/c1-27(20-12-19(24)21(31-2)13-22(20)32-3)33(29,30)18-9-5-7-16(11-18)23(28)26-17-8-4-6-15(10-17)14-25/h4-13H,1-3H3,(H,26,28). The van der Waals surface area contributed by atoms with Crippen LogP contribution in [0, 0.1) is 11.3 Å². The number of amides is 1. The zero-order chi connectivity index (χ0) is 24.2. The SMILES string of the molecule is COc1cc(OC)c(N(C)S(=O)(=O)c2cccc(C(=O)Nc3cccc(C#N)c3)c2)cc1Cl. The van der Waals surface area contributed by atoms with Gasteiger partial charge < -0.3 is 14.8 Å². The van der Waals surface area contributed by atoms with Crippen LogP contribution in [0.5, 0.6) is 11.5 Å². The maximum absolute atomic E-state index is 13.3. The summed E-state index contributed by atoms with van der Waals surface area (Å²) < 4.78 is 38.1. The molecule has 170 valence electrons. The van der Waals surface area contributed by atoms with E-state index in [1.807, 2.05) is 6.07 Å². The molecule has 3 aromatic rings. The molecule has 0 saturated carbocycles. The van der Waals surface area contributed by atoms with Gasteiger partial charge in [-0.2, -0.15) is 5.26 Å². The van der Waals surface area contributed by atoms with Gasteiger partial charge in [-0.1, -0.05) is 23.7 Å². The van der Waals surface area contributed by atoms with Crippen LogP contribution in [0.4, 0.5) is 11.4 Å². The summed E-state index contributed by atoms with van der Waals surface area (Å²) in [4.78, 5) is 12.6. The number of sulfonamides is 1. The van der Waals surface area contributed by atoms with E-state index in [0.29, 0.717) is 17.0 Å². The molecule has 1 N–H and O–H groups in total. The van der Waals surface area contributed by atoms with Crippen LogP contribution in [0.1, 0.15) is 15.9 Å². The van der Waals surface area contributed by atoms with Crippen LogP contribution in [-0.2, 0) is 10.0 Å². The van der Waals surface area contributed by atoms with Crippen molar-refractivity contribution in [3.05, 3.63) is 76.8 Å². The molecule has 1 amide bonds. The first-order chi connectivity index (χ1) is 15.7. The normalized spacial score (nSPS) is 10.8. The molecule has 0 aromatic heterocycles. The molecule has 10 heteroatoms. The number of hydrogen-bond donors (Lipinski definition) is 1. The second kappa shape index (κ2) is 9.81. The highest BCUT2D eigenvalue weighted by atomic mass is 35.5. The van der Waals surface area contributed by atoms with E-state index in [0.717, 1.165) is 4.31 Å². The molecule has 0 spiro atoms. The Morgan fingerprint density at radius 3 is 2.39 bits per heavy atom. The average Bonchev–Trinajstić information content (AvgIpc) is 2.83. The lowest BCUT2D eigenvalue weighted by molar-refractivity contribution is 0.102. The van der Waals surface area contributed by atoms with Crippen molar-refractivity contribution >= 4 is 38.9 Å². The third-order valence-corrected chi connectivity index (χ3v) is 6.86. The van der Waals surface area contributed by atoms with Gasteiger partial charge in [0.05, 0.1) is 41.5 Å². The number of ether oxygens (including phenoxy) is 2. The minimum absolute atomic E-state index is 0.0996. The quantitative estimate of drug-likeness (QED) is 0.534. The number of carbonyl (C=O) groups is 1. The molecule has 0 aliphatic heterocycles. The van der Waals surface area contributed by atoms with Crippen molar-refractivity contribution < 1.29 is 22.7 Å². The van der Waals surface area contributed by atoms with Crippen LogP contribution in [0.3, 0.4) is 0 Å². The van der Waals surface area contributed by atoms with E-state index in [-0.39, 0.29) is 26.9 Å². The molecule has 0 unspecified atom stereocenters. The van der Waals surface area contributed by atoms with Crippen LogP contribution < -0.4 is 19.1 Å². The summed E-state index contributed by atoms with van der Waals surface area (Å²) >= 11 is 6.19. The molecular formula is C23H20ClN3O5S. The first-order valence-corrected chi connectivity index (χ1v) is 11.3. The molecule has 0 aliphatic carbocycles. The Balaban J connectivity index is 1.93. The molecule has 0 saturated heterocycles. The maximum atomic E-state index is 13.3. The molecule has 0 fully saturated rings. The van der Waals surface area contributed by atoms with Crippen molar-refractivity contribution in [1.29, 1.82) is 5.26 Å². The summed E-state index contributed by atoms with van der Waals surface area (Å²) in [5.41, 5.74) is 1.14. The summed E-state index contributed by atoms with van der Waals surface area (Å²) in [5, 5.41) is 11.9. The number of benzene rings is 3. The van der Waals surface area contributed by atoms with E-state index in [1.165, 1.54) is 63.7 Å². The molecule has 0 atom stereocenters. The lowest BCUT2D eigenvalue weighted by Crippen LogP contribution is -2.27. The topological polar surface area (TPSA) is 109 Å². The fourth-order valence-electron chi connectivity index (χ4n) is 3.05. The van der Waals surface area contributed by atoms with Crippen LogP contribution in [0.15, 0.2) is 65.6 Å². The predicted molar refractivity (Wildman–Crippen MR) is 126 cm³/mol. The van der Waals surface area contributed by atoms with Crippen LogP contribution >= 0.6 is 11.6 Å². The van der Waals surface area contributed by atoms with Crippen LogP contribution in [-0.4, -0.2) is 35.6 Å². The first-order valence-electron chi connectivity index (χ1n) is 9.53. The first kappa shape index (κ1) is 23.9. The van der Waals surface area contributed by atoms with E-state index in [1.54, 1.807) is 18.2 Å². The number of anilines is 2. The van der Waals surface area contributed by atoms with Gasteiger partial charge in [-0.25, -0.2) is 8.42 Å². The predicted octanol–water partition coefficient (Wildman–Crippen LogP) is 4.31. The van der Waals surface area contributed by atoms with Gasteiger partial charge in [-0.15, -0.1) is 0 Å². The molecule has 0 radical (unpaired) electrons. The lowest BCUT2D eigenvalue weighted by atomic mass is 10.2. The summed E-state index contributed by atoms with van der Waals surface area (Å²) in [6.45, 7) is 0. The monoisotopic (exact) mass is 485 g/mol. The van der Waals surface area contributed by atoms with Crippen molar-refractivity contribution in [3.8, 4) is 17.6 Å². The van der Waals surface area contributed by atoms with Crippen molar-refractivity contribution in [1.82, 2.24) is 0 Å². The highest BCUT2D eigenvalue weighted by molar-refractivity contribution is 7.92. The number of nitrogens with one attached hydrogen (secondary N) is 1. The third-order valence-electron chi connectivity index (χ3n) is 4.80. The lowest BCUT2D eigenvalue weighted by Gasteiger charge is -2.23. The van der Waals surface area contributed by atoms with Crippen LogP contribution in [0.25, 0.3) is 0 Å². The summed E-state index contributed by atoms with van der Waals surface area (Å²) in [6, 6.07) is 16.9. The third kappa shape index (κ3) is 5.03. The number of nitriles is 1. The molecule has 0 bridgehead atoms. The smallest absolute Gasteiger partial charge is 0.264 e. The van der Waals surface area contributed by atoms with Gasteiger partial charge in [0, 0.05) is 24.4 Å². The van der Waals surface area contributed by atoms with Crippen molar-refractivity contribution in [2.24, 2.45) is 0 Å². The molecule has 33 heavy (non-hydrogen) atoms. The molecule has 0 aliphatic rings. The average molecular weight is 486 g/mol. The second-order valence-electron chi connectivity index (χ2n) is 6.81. The van der Waals surface area contributed by atoms with Gasteiger partial charge in [0.1, 0.15) is 11.5 Å². The van der Waals surface area contributed by atoms with Gasteiger partial charge in [-0.3, -0.25) is 9.10 Å². The van der Waals surface area contributed by atoms with Crippen molar-refractivity contribution in [3.63, 3.8) is 0 Å². The Kier molecular flexibility index (Phi) is 7.11. The minimum Gasteiger partial charge on any atom is -0.495 e. The van der Waals surface area contributed by atoms with E-state index in [2.05, 4.69) is 5.32 Å². The van der Waals surface area contributed by atoms with Gasteiger partial charge >= 0.3 is 0 Å². The molecule has 3 aromatic carbocycles. The Bertz CT molecular complexity index is 1350. The molecule has 8 nitrogen and oxygen atoms in total.